The molecular weight excluding hydrogens is 197 g/mol. The third-order valence-electron chi connectivity index (χ3n) is 1.05. The summed E-state index contributed by atoms with van der Waals surface area (Å²) in [5.74, 6) is 0. The van der Waals surface area contributed by atoms with Crippen molar-refractivity contribution in [2.75, 3.05) is 0 Å². The van der Waals surface area contributed by atoms with Crippen molar-refractivity contribution < 1.29 is 4.55 Å². The van der Waals surface area contributed by atoms with Crippen LogP contribution in [0.15, 0.2) is 4.79 Å². The monoisotopic (exact) mass is 199 g/mol. The summed E-state index contributed by atoms with van der Waals surface area (Å²) in [5.41, 5.74) is -0.495. The van der Waals surface area contributed by atoms with Crippen LogP contribution < -0.4 is 5.56 Å². The molecule has 1 aromatic heterocycles. The Bertz CT molecular complexity index is 287. The molecule has 1 aromatic rings. The molecule has 0 radical (unpaired) electrons. The smallest absolute Gasteiger partial charge is 0.316 e. The Kier molecular flexibility index (Phi) is 2.05. The number of nitrogens with zero attached hydrogens (tertiary/aromatic N) is 1. The second kappa shape index (κ2) is 2.54. The molecular formula is C4H3Cl2NO2S. The van der Waals surface area contributed by atoms with Crippen molar-refractivity contribution in [1.82, 2.24) is 3.96 Å². The maximum Gasteiger partial charge on any atom is 0.316 e. The highest BCUT2D eigenvalue weighted by Crippen LogP contribution is 2.29. The fourth-order valence-electron chi connectivity index (χ4n) is 0.494. The van der Waals surface area contributed by atoms with Gasteiger partial charge < -0.3 is 4.55 Å². The van der Waals surface area contributed by atoms with E-state index >= 15 is 0 Å². The van der Waals surface area contributed by atoms with Crippen molar-refractivity contribution in [1.29, 1.82) is 0 Å². The Labute approximate surface area is 69.7 Å². The molecule has 0 bridgehead atoms. The minimum Gasteiger partial charge on any atom is -0.569 e. The summed E-state index contributed by atoms with van der Waals surface area (Å²) in [4.78, 5) is 10.8. The Morgan fingerprint density at radius 2 is 2.10 bits per heavy atom. The molecule has 6 heteroatoms. The summed E-state index contributed by atoms with van der Waals surface area (Å²) in [6.45, 7) is 0. The number of hydrogen-bond donors (Lipinski definition) is 0. The topological polar surface area (TPSA) is 45.1 Å². The molecule has 1 heterocycles. The van der Waals surface area contributed by atoms with Crippen LogP contribution in [-0.2, 0) is 7.05 Å². The van der Waals surface area contributed by atoms with Crippen LogP contribution in [0.1, 0.15) is 0 Å². The SMILES string of the molecule is Cn1c(=O)c(Cl)c(Cl)[s+]1[O-]. The van der Waals surface area contributed by atoms with Gasteiger partial charge in [-0.05, 0) is 11.6 Å². The molecule has 0 spiro atoms. The van der Waals surface area contributed by atoms with E-state index in [-0.39, 0.29) is 9.36 Å². The number of halogens is 2. The molecule has 0 aliphatic heterocycles. The van der Waals surface area contributed by atoms with Gasteiger partial charge in [-0.15, -0.1) is 3.96 Å². The van der Waals surface area contributed by atoms with Crippen LogP contribution >= 0.6 is 34.1 Å². The van der Waals surface area contributed by atoms with Crippen LogP contribution in [0, 0.1) is 0 Å². The lowest BCUT2D eigenvalue weighted by molar-refractivity contribution is 0.579. The molecule has 1 rings (SSSR count). The molecule has 0 saturated carbocycles. The van der Waals surface area contributed by atoms with E-state index in [2.05, 4.69) is 0 Å². The Morgan fingerprint density at radius 3 is 2.20 bits per heavy atom. The first-order valence-corrected chi connectivity index (χ1v) is 4.17. The van der Waals surface area contributed by atoms with Gasteiger partial charge in [0.1, 0.15) is 0 Å². The standard InChI is InChI=1S/C4H3Cl2NO2S/c1-7-4(8)2(5)3(6)10(7)9/h1H3. The van der Waals surface area contributed by atoms with Crippen molar-refractivity contribution in [3.63, 3.8) is 0 Å². The van der Waals surface area contributed by atoms with Crippen LogP contribution in [0.4, 0.5) is 0 Å². The maximum atomic E-state index is 10.9. The van der Waals surface area contributed by atoms with Gasteiger partial charge in [0.15, 0.2) is 5.02 Å². The van der Waals surface area contributed by atoms with Gasteiger partial charge in [-0.3, -0.25) is 4.79 Å². The van der Waals surface area contributed by atoms with Gasteiger partial charge in [0.2, 0.25) is 0 Å². The quantitative estimate of drug-likeness (QED) is 0.594. The summed E-state index contributed by atoms with van der Waals surface area (Å²) in [5, 5.41) is -0.150. The summed E-state index contributed by atoms with van der Waals surface area (Å²) < 4.78 is 11.8. The first-order chi connectivity index (χ1) is 4.55. The third-order valence-corrected chi connectivity index (χ3v) is 3.37. The van der Waals surface area contributed by atoms with Gasteiger partial charge in [0.05, 0.1) is 18.0 Å². The molecule has 56 valence electrons. The van der Waals surface area contributed by atoms with Gasteiger partial charge in [-0.1, -0.05) is 11.6 Å². The predicted octanol–water partition coefficient (Wildman–Crippen LogP) is 1.42. The van der Waals surface area contributed by atoms with Crippen LogP contribution in [0.3, 0.4) is 0 Å². The Balaban J connectivity index is 3.60. The van der Waals surface area contributed by atoms with E-state index in [1.54, 1.807) is 0 Å². The lowest BCUT2D eigenvalue weighted by Gasteiger charge is -1.88. The highest BCUT2D eigenvalue weighted by Gasteiger charge is 2.18. The summed E-state index contributed by atoms with van der Waals surface area (Å²) >= 11 is 10.8. The largest absolute Gasteiger partial charge is 0.569 e. The highest BCUT2D eigenvalue weighted by atomic mass is 35.5. The Morgan fingerprint density at radius 1 is 1.60 bits per heavy atom. The Hall–Kier alpha value is -0.0300. The van der Waals surface area contributed by atoms with Gasteiger partial charge >= 0.3 is 5.56 Å². The van der Waals surface area contributed by atoms with E-state index in [9.17, 15) is 9.35 Å². The van der Waals surface area contributed by atoms with Crippen LogP contribution in [0.2, 0.25) is 9.36 Å². The van der Waals surface area contributed by atoms with Crippen LogP contribution in [0.25, 0.3) is 0 Å². The van der Waals surface area contributed by atoms with E-state index in [1.807, 2.05) is 0 Å². The number of aromatic nitrogens is 1. The number of hydrogen-bond acceptors (Lipinski definition) is 2. The van der Waals surface area contributed by atoms with E-state index < -0.39 is 16.5 Å². The van der Waals surface area contributed by atoms with Gasteiger partial charge in [0.25, 0.3) is 4.34 Å². The highest BCUT2D eigenvalue weighted by molar-refractivity contribution is 7.24. The third kappa shape index (κ3) is 0.971. The number of rotatable bonds is 0. The van der Waals surface area contributed by atoms with Gasteiger partial charge in [-0.2, -0.15) is 0 Å². The zero-order chi connectivity index (χ0) is 7.89. The molecule has 1 atom stereocenters. The lowest BCUT2D eigenvalue weighted by atomic mass is 10.7. The summed E-state index contributed by atoms with van der Waals surface area (Å²) in [7, 11) is -0.204. The molecule has 0 fully saturated rings. The van der Waals surface area contributed by atoms with Crippen molar-refractivity contribution in [3.05, 3.63) is 19.7 Å². The molecule has 0 aliphatic carbocycles. The average molecular weight is 200 g/mol. The average Bonchev–Trinajstić information content (AvgIpc) is 2.07. The molecule has 0 saturated heterocycles. The second-order valence-electron chi connectivity index (χ2n) is 1.64. The summed E-state index contributed by atoms with van der Waals surface area (Å²) in [6.07, 6.45) is 0. The fourth-order valence-corrected chi connectivity index (χ4v) is 1.98. The van der Waals surface area contributed by atoms with E-state index in [1.165, 1.54) is 7.05 Å². The van der Waals surface area contributed by atoms with Crippen molar-refractivity contribution in [3.8, 4) is 0 Å². The minimum atomic E-state index is -1.58. The molecule has 0 N–H and O–H groups in total. The second-order valence-corrected chi connectivity index (χ2v) is 4.07. The molecule has 0 aliphatic rings. The maximum absolute atomic E-state index is 10.9. The minimum absolute atomic E-state index is 0.0887. The molecule has 0 amide bonds. The first kappa shape index (κ1) is 8.07. The molecule has 3 nitrogen and oxygen atoms in total. The van der Waals surface area contributed by atoms with Crippen molar-refractivity contribution >= 4 is 34.1 Å². The normalized spacial score (nSPS) is 12.2. The molecule has 0 aromatic carbocycles. The van der Waals surface area contributed by atoms with Gasteiger partial charge in [-0.25, -0.2) is 0 Å². The predicted molar refractivity (Wildman–Crippen MR) is 40.4 cm³/mol. The van der Waals surface area contributed by atoms with E-state index in [0.717, 1.165) is 3.96 Å². The zero-order valence-electron chi connectivity index (χ0n) is 4.93. The summed E-state index contributed by atoms with van der Waals surface area (Å²) in [6, 6.07) is 0. The van der Waals surface area contributed by atoms with Gasteiger partial charge in [0, 0.05) is 0 Å². The lowest BCUT2D eigenvalue weighted by Crippen LogP contribution is -2.09. The zero-order valence-corrected chi connectivity index (χ0v) is 7.26. The van der Waals surface area contributed by atoms with E-state index in [4.69, 9.17) is 23.2 Å². The van der Waals surface area contributed by atoms with Crippen LogP contribution in [0.5, 0.6) is 0 Å². The van der Waals surface area contributed by atoms with Crippen molar-refractivity contribution in [2.24, 2.45) is 7.05 Å². The molecule has 10 heavy (non-hydrogen) atoms. The van der Waals surface area contributed by atoms with Crippen LogP contribution in [-0.4, -0.2) is 8.51 Å². The van der Waals surface area contributed by atoms with E-state index in [0.29, 0.717) is 0 Å². The molecule has 1 unspecified atom stereocenters. The van der Waals surface area contributed by atoms with Crippen molar-refractivity contribution in [2.45, 2.75) is 0 Å². The first-order valence-electron chi connectivity index (χ1n) is 2.31. The fraction of sp³-hybridized carbons (Fsp3) is 0.250.